The van der Waals surface area contributed by atoms with Crippen LogP contribution in [0.2, 0.25) is 0 Å². The van der Waals surface area contributed by atoms with Crippen molar-refractivity contribution in [3.8, 4) is 236 Å². The SMILES string of the molecule is c1ccc(-c2ccc(-c3nc(-c4ccccc4)nc(-c4cccc5c4Cc4c(-c6cccc(-c7ccccc7)c6)cccc4-5)n3)cc2)cc1.c1ccc(-c2cccc(-c3cccc4c3Cc3c(-c5cccc(-c6nc(-c7ccccc7)nc(-c7ccccc7)n6)c5)cccc3-4)c2)cc1.c1ccc(-c2cccc(-c3nc(-c4ccccc4)nc(-c4cccc5c4Cc4c(-c6cccc(-c7ccccc7)c6)cccc4-5)n3)c2)cc1. The number of aromatic nitrogens is 9. The number of hydrogen-bond donors (Lipinski definition) is 0. The van der Waals surface area contributed by atoms with Crippen LogP contribution in [0.5, 0.6) is 0 Å². The Morgan fingerprint density at radius 1 is 0.0884 bits per heavy atom. The van der Waals surface area contributed by atoms with Crippen LogP contribution in [0.4, 0.5) is 0 Å². The van der Waals surface area contributed by atoms with Crippen molar-refractivity contribution in [2.45, 2.75) is 19.3 Å². The van der Waals surface area contributed by atoms with Gasteiger partial charge in [0.1, 0.15) is 0 Å². The molecular formula is C138H93N9. The minimum absolute atomic E-state index is 0.658. The van der Waals surface area contributed by atoms with Gasteiger partial charge in [0.25, 0.3) is 0 Å². The number of hydrogen-bond acceptors (Lipinski definition) is 9. The van der Waals surface area contributed by atoms with Gasteiger partial charge in [0, 0.05) is 62.9 Å². The summed E-state index contributed by atoms with van der Waals surface area (Å²) in [7, 11) is 0. The standard InChI is InChI=1S/3C46H31N3/c1-4-14-31(15-5-1)34-20-10-22-36(28-34)38-24-12-25-39-40-26-13-27-41(43(40)30-42(38)39)46-48-44(33-18-8-3-9-19-33)47-45(49-46)37-23-11-21-35(29-37)32-16-6-2-7-17-32;1-4-14-31(15-5-1)34-20-10-21-35(28-34)38-24-12-26-40-41-27-13-25-39(43(41)30-42(38)40)36-22-11-23-37(29-36)46-48-44(32-16-6-2-7-17-32)47-45(49-46)33-18-8-3-9-19-33;1-4-13-31(14-5-1)33-25-27-35(28-26-33)45-47-44(34-17-8-3-9-18-34)48-46(49-45)41-24-12-23-40-39-22-11-21-38(42(39)30-43(40)41)37-20-10-19-36(29-37)32-15-6-2-7-16-32/h3*1-29H,30H2. The molecule has 0 spiro atoms. The summed E-state index contributed by atoms with van der Waals surface area (Å²) in [6, 6.07) is 185. The summed E-state index contributed by atoms with van der Waals surface area (Å²) in [5, 5.41) is 0. The maximum Gasteiger partial charge on any atom is 0.164 e. The third-order valence-corrected chi connectivity index (χ3v) is 28.3. The van der Waals surface area contributed by atoms with Crippen molar-refractivity contribution >= 4 is 0 Å². The van der Waals surface area contributed by atoms with Gasteiger partial charge in [0.15, 0.2) is 52.4 Å². The lowest BCUT2D eigenvalue weighted by Gasteiger charge is -2.12. The minimum Gasteiger partial charge on any atom is -0.208 e. The summed E-state index contributed by atoms with van der Waals surface area (Å²) in [5.74, 6) is 6.01. The predicted octanol–water partition coefficient (Wildman–Crippen LogP) is 34.3. The Morgan fingerprint density at radius 2 is 0.224 bits per heavy atom. The Morgan fingerprint density at radius 3 is 0.469 bits per heavy atom. The average molecular weight is 1880 g/mol. The smallest absolute Gasteiger partial charge is 0.164 e. The van der Waals surface area contributed by atoms with Gasteiger partial charge in [0.05, 0.1) is 0 Å². The van der Waals surface area contributed by atoms with Crippen molar-refractivity contribution in [2.24, 2.45) is 0 Å². The second-order valence-electron chi connectivity index (χ2n) is 37.2. The molecular weight excluding hydrogens is 1780 g/mol. The van der Waals surface area contributed by atoms with Crippen LogP contribution in [0.1, 0.15) is 33.4 Å². The maximum absolute atomic E-state index is 5.18. The van der Waals surface area contributed by atoms with Gasteiger partial charge in [-0.15, -0.1) is 0 Å². The van der Waals surface area contributed by atoms with Crippen molar-refractivity contribution in [1.29, 1.82) is 0 Å². The lowest BCUT2D eigenvalue weighted by Crippen LogP contribution is -2.02. The number of fused-ring (bicyclic) bond motifs is 9. The molecule has 3 heterocycles. The van der Waals surface area contributed by atoms with E-state index in [-0.39, 0.29) is 0 Å². The Hall–Kier alpha value is -19.4. The van der Waals surface area contributed by atoms with Crippen LogP contribution in [0.25, 0.3) is 236 Å². The molecule has 0 radical (unpaired) electrons. The van der Waals surface area contributed by atoms with Gasteiger partial charge in [-0.3, -0.25) is 0 Å². The first-order valence-corrected chi connectivity index (χ1v) is 50.0. The molecule has 147 heavy (non-hydrogen) atoms. The predicted molar refractivity (Wildman–Crippen MR) is 602 cm³/mol. The molecule has 9 nitrogen and oxygen atoms in total. The first kappa shape index (κ1) is 89.0. The average Bonchev–Trinajstić information content (AvgIpc) is 1.60. The van der Waals surface area contributed by atoms with E-state index in [4.69, 9.17) is 44.9 Å². The van der Waals surface area contributed by atoms with Crippen molar-refractivity contribution in [1.82, 2.24) is 44.9 Å². The third kappa shape index (κ3) is 18.2. The second-order valence-corrected chi connectivity index (χ2v) is 37.2. The van der Waals surface area contributed by atoms with Crippen LogP contribution in [0, 0.1) is 0 Å². The Labute approximate surface area is 855 Å². The molecule has 3 aliphatic rings. The van der Waals surface area contributed by atoms with E-state index in [1.807, 2.05) is 109 Å². The lowest BCUT2D eigenvalue weighted by atomic mass is 9.93. The summed E-state index contributed by atoms with van der Waals surface area (Å²) in [4.78, 5) is 45.5. The zero-order valence-electron chi connectivity index (χ0n) is 80.4. The maximum atomic E-state index is 5.18. The van der Waals surface area contributed by atoms with Crippen LogP contribution in [0.15, 0.2) is 528 Å². The van der Waals surface area contributed by atoms with Gasteiger partial charge >= 0.3 is 0 Å². The largest absolute Gasteiger partial charge is 0.208 e. The molecule has 690 valence electrons. The first-order chi connectivity index (χ1) is 72.8. The Kier molecular flexibility index (Phi) is 24.2. The molecule has 21 aromatic carbocycles. The van der Waals surface area contributed by atoms with Crippen molar-refractivity contribution in [2.75, 3.05) is 0 Å². The van der Waals surface area contributed by atoms with Crippen LogP contribution in [-0.4, -0.2) is 44.9 Å². The van der Waals surface area contributed by atoms with E-state index < -0.39 is 0 Å². The van der Waals surface area contributed by atoms with E-state index in [1.54, 1.807) is 0 Å². The summed E-state index contributed by atoms with van der Waals surface area (Å²) in [6.07, 6.45) is 2.48. The van der Waals surface area contributed by atoms with Gasteiger partial charge in [-0.05, 0) is 204 Å². The van der Waals surface area contributed by atoms with E-state index >= 15 is 0 Å². The molecule has 24 aromatic rings. The quantitative estimate of drug-likeness (QED) is 0.0828. The van der Waals surface area contributed by atoms with Gasteiger partial charge in [-0.2, -0.15) is 0 Å². The summed E-state index contributed by atoms with van der Waals surface area (Å²) >= 11 is 0. The molecule has 0 aliphatic heterocycles. The number of rotatable bonds is 18. The summed E-state index contributed by atoms with van der Waals surface area (Å²) in [6.45, 7) is 0. The van der Waals surface area contributed by atoms with Crippen molar-refractivity contribution < 1.29 is 0 Å². The van der Waals surface area contributed by atoms with Crippen molar-refractivity contribution in [3.05, 3.63) is 561 Å². The lowest BCUT2D eigenvalue weighted by molar-refractivity contribution is 1.07. The highest BCUT2D eigenvalue weighted by molar-refractivity contribution is 5.95. The Balaban J connectivity index is 0.000000115. The third-order valence-electron chi connectivity index (χ3n) is 28.3. The molecule has 3 aromatic heterocycles. The molecule has 9 heteroatoms. The fraction of sp³-hybridized carbons (Fsp3) is 0.0217. The van der Waals surface area contributed by atoms with Gasteiger partial charge in [-0.1, -0.05) is 497 Å². The van der Waals surface area contributed by atoms with E-state index in [1.165, 1.54) is 145 Å². The molecule has 0 saturated heterocycles. The highest BCUT2D eigenvalue weighted by Gasteiger charge is 2.31. The molecule has 0 atom stereocenters. The number of benzene rings is 21. The van der Waals surface area contributed by atoms with Crippen molar-refractivity contribution in [3.63, 3.8) is 0 Å². The summed E-state index contributed by atoms with van der Waals surface area (Å²) < 4.78 is 0. The first-order valence-electron chi connectivity index (χ1n) is 50.0. The second kappa shape index (κ2) is 40.0. The van der Waals surface area contributed by atoms with Crippen LogP contribution < -0.4 is 0 Å². The Bertz CT molecular complexity index is 8950. The van der Waals surface area contributed by atoms with E-state index in [0.717, 1.165) is 91.6 Å². The molecule has 0 N–H and O–H groups in total. The minimum atomic E-state index is 0.658. The topological polar surface area (TPSA) is 116 Å². The van der Waals surface area contributed by atoms with Gasteiger partial charge in [0.2, 0.25) is 0 Å². The normalized spacial score (nSPS) is 11.6. The van der Waals surface area contributed by atoms with E-state index in [0.29, 0.717) is 52.4 Å². The van der Waals surface area contributed by atoms with Crippen LogP contribution in [-0.2, 0) is 19.3 Å². The monoisotopic (exact) mass is 1880 g/mol. The van der Waals surface area contributed by atoms with E-state index in [9.17, 15) is 0 Å². The molecule has 0 fully saturated rings. The van der Waals surface area contributed by atoms with Gasteiger partial charge < -0.3 is 0 Å². The molecule has 3 aliphatic carbocycles. The molecule has 0 saturated carbocycles. The highest BCUT2D eigenvalue weighted by Crippen LogP contribution is 2.51. The van der Waals surface area contributed by atoms with E-state index in [2.05, 4.69) is 419 Å². The zero-order valence-corrected chi connectivity index (χ0v) is 80.4. The molecule has 0 unspecified atom stereocenters. The highest BCUT2D eigenvalue weighted by atomic mass is 15.1. The van der Waals surface area contributed by atoms with Crippen LogP contribution >= 0.6 is 0 Å². The molecule has 0 amide bonds. The molecule has 27 rings (SSSR count). The summed E-state index contributed by atoms with van der Waals surface area (Å²) in [5.41, 5.74) is 46.2. The molecule has 0 bridgehead atoms. The fourth-order valence-electron chi connectivity index (χ4n) is 21.1. The van der Waals surface area contributed by atoms with Crippen LogP contribution in [0.3, 0.4) is 0 Å². The van der Waals surface area contributed by atoms with Gasteiger partial charge in [-0.25, -0.2) is 44.9 Å². The fourth-order valence-corrected chi connectivity index (χ4v) is 21.1. The number of nitrogens with zero attached hydrogens (tertiary/aromatic N) is 9. The zero-order chi connectivity index (χ0) is 97.7.